The molecule has 0 saturated carbocycles. The van der Waals surface area contributed by atoms with Crippen molar-refractivity contribution in [2.45, 2.75) is 6.54 Å². The van der Waals surface area contributed by atoms with Crippen LogP contribution in [-0.4, -0.2) is 61.1 Å². The van der Waals surface area contributed by atoms with E-state index in [0.717, 1.165) is 11.1 Å². The average Bonchev–Trinajstić information content (AvgIpc) is 3.27. The largest absolute Gasteiger partial charge is 0.454 e. The Bertz CT molecular complexity index is 972. The van der Waals surface area contributed by atoms with Crippen LogP contribution in [0.2, 0.25) is 5.02 Å². The molecule has 2 amide bonds. The Balaban J connectivity index is 1.22. The zero-order valence-electron chi connectivity index (χ0n) is 17.1. The topological polar surface area (TPSA) is 71.1 Å². The number of hydrogen-bond donors (Lipinski definition) is 1. The van der Waals surface area contributed by atoms with Gasteiger partial charge in [0.2, 0.25) is 18.6 Å². The molecule has 0 aromatic heterocycles. The van der Waals surface area contributed by atoms with Gasteiger partial charge in [0.15, 0.2) is 11.5 Å². The summed E-state index contributed by atoms with van der Waals surface area (Å²) in [5, 5.41) is 3.40. The lowest BCUT2D eigenvalue weighted by Crippen LogP contribution is -2.50. The number of halogens is 1. The van der Waals surface area contributed by atoms with Crippen LogP contribution in [0, 0.1) is 0 Å². The molecule has 1 fully saturated rings. The van der Waals surface area contributed by atoms with Gasteiger partial charge in [-0.15, -0.1) is 0 Å². The summed E-state index contributed by atoms with van der Waals surface area (Å²) < 4.78 is 10.6. The zero-order chi connectivity index (χ0) is 21.6. The molecule has 0 unspecified atom stereocenters. The minimum Gasteiger partial charge on any atom is -0.454 e. The van der Waals surface area contributed by atoms with Gasteiger partial charge in [-0.3, -0.25) is 14.5 Å². The molecular weight excluding hydrogens is 418 g/mol. The van der Waals surface area contributed by atoms with Gasteiger partial charge in [0.05, 0.1) is 11.6 Å². The summed E-state index contributed by atoms with van der Waals surface area (Å²) in [4.78, 5) is 28.6. The fourth-order valence-corrected chi connectivity index (χ4v) is 3.81. The number of fused-ring (bicyclic) bond motifs is 1. The number of carbonyl (C=O) groups is 2. The van der Waals surface area contributed by atoms with E-state index in [-0.39, 0.29) is 18.6 Å². The molecule has 2 aliphatic heterocycles. The number of carbonyl (C=O) groups excluding carboxylic acids is 2. The van der Waals surface area contributed by atoms with Crippen LogP contribution >= 0.6 is 11.6 Å². The van der Waals surface area contributed by atoms with E-state index in [4.69, 9.17) is 21.1 Å². The molecular formula is C23H24ClN3O4. The summed E-state index contributed by atoms with van der Waals surface area (Å²) >= 11 is 6.18. The van der Waals surface area contributed by atoms with E-state index in [2.05, 4.69) is 10.2 Å². The minimum atomic E-state index is -0.0676. The molecule has 0 bridgehead atoms. The van der Waals surface area contributed by atoms with Crippen LogP contribution in [0.25, 0.3) is 6.08 Å². The standard InChI is InChI=1S/C23H24ClN3O4/c24-19-12-18(13-20-23(19)31-16-30-20)6-7-22(29)27-10-8-26(9-11-27)15-21(28)25-14-17-4-2-1-3-5-17/h1-7,12-13H,8-11,14-16H2,(H,25,28). The predicted molar refractivity (Wildman–Crippen MR) is 118 cm³/mol. The lowest BCUT2D eigenvalue weighted by molar-refractivity contribution is -0.128. The number of benzene rings is 2. The highest BCUT2D eigenvalue weighted by atomic mass is 35.5. The number of nitrogens with one attached hydrogen (secondary N) is 1. The Kier molecular flexibility index (Phi) is 6.74. The minimum absolute atomic E-state index is 0.0109. The van der Waals surface area contributed by atoms with Crippen molar-refractivity contribution < 1.29 is 19.1 Å². The van der Waals surface area contributed by atoms with Gasteiger partial charge in [0, 0.05) is 38.8 Å². The van der Waals surface area contributed by atoms with E-state index in [1.807, 2.05) is 30.3 Å². The van der Waals surface area contributed by atoms with Crippen LogP contribution in [0.3, 0.4) is 0 Å². The van der Waals surface area contributed by atoms with Gasteiger partial charge in [-0.25, -0.2) is 0 Å². The van der Waals surface area contributed by atoms with Crippen molar-refractivity contribution in [1.82, 2.24) is 15.1 Å². The van der Waals surface area contributed by atoms with Gasteiger partial charge < -0.3 is 19.7 Å². The SMILES string of the molecule is O=C(CN1CCN(C(=O)C=Cc2cc(Cl)c3c(c2)OCO3)CC1)NCc1ccccc1. The summed E-state index contributed by atoms with van der Waals surface area (Å²) in [6.45, 7) is 3.49. The Morgan fingerprint density at radius 2 is 1.84 bits per heavy atom. The van der Waals surface area contributed by atoms with Gasteiger partial charge >= 0.3 is 0 Å². The first-order chi connectivity index (χ1) is 15.1. The van der Waals surface area contributed by atoms with Gasteiger partial charge in [-0.05, 0) is 29.3 Å². The van der Waals surface area contributed by atoms with E-state index in [9.17, 15) is 9.59 Å². The lowest BCUT2D eigenvalue weighted by Gasteiger charge is -2.33. The molecule has 8 heteroatoms. The molecule has 162 valence electrons. The Morgan fingerprint density at radius 3 is 2.61 bits per heavy atom. The van der Waals surface area contributed by atoms with Gasteiger partial charge in [0.25, 0.3) is 0 Å². The molecule has 7 nitrogen and oxygen atoms in total. The van der Waals surface area contributed by atoms with Gasteiger partial charge in [0.1, 0.15) is 0 Å². The fraction of sp³-hybridized carbons (Fsp3) is 0.304. The normalized spacial score (nSPS) is 16.0. The fourth-order valence-electron chi connectivity index (χ4n) is 3.54. The summed E-state index contributed by atoms with van der Waals surface area (Å²) in [7, 11) is 0. The number of ether oxygens (including phenoxy) is 2. The smallest absolute Gasteiger partial charge is 0.246 e. The molecule has 0 aliphatic carbocycles. The van der Waals surface area contributed by atoms with Crippen LogP contribution in [-0.2, 0) is 16.1 Å². The second-order valence-electron chi connectivity index (χ2n) is 7.43. The Hall–Kier alpha value is -3.03. The summed E-state index contributed by atoms with van der Waals surface area (Å²) in [6.07, 6.45) is 3.26. The highest BCUT2D eigenvalue weighted by molar-refractivity contribution is 6.32. The van der Waals surface area contributed by atoms with Gasteiger partial charge in [-0.2, -0.15) is 0 Å². The molecule has 31 heavy (non-hydrogen) atoms. The molecule has 0 radical (unpaired) electrons. The van der Waals surface area contributed by atoms with E-state index in [1.54, 1.807) is 23.1 Å². The van der Waals surface area contributed by atoms with E-state index in [0.29, 0.717) is 55.8 Å². The zero-order valence-corrected chi connectivity index (χ0v) is 17.8. The molecule has 0 atom stereocenters. The van der Waals surface area contributed by atoms with Crippen LogP contribution in [0.15, 0.2) is 48.5 Å². The molecule has 0 spiro atoms. The van der Waals surface area contributed by atoms with Crippen molar-refractivity contribution in [2.24, 2.45) is 0 Å². The third kappa shape index (κ3) is 5.57. The van der Waals surface area contributed by atoms with Crippen LogP contribution in [0.4, 0.5) is 0 Å². The number of amides is 2. The number of piperazine rings is 1. The van der Waals surface area contributed by atoms with Crippen molar-refractivity contribution in [2.75, 3.05) is 39.5 Å². The monoisotopic (exact) mass is 441 g/mol. The molecule has 1 saturated heterocycles. The maximum absolute atomic E-state index is 12.5. The first-order valence-corrected chi connectivity index (χ1v) is 10.6. The molecule has 2 aromatic carbocycles. The number of nitrogens with zero attached hydrogens (tertiary/aromatic N) is 2. The first kappa shape index (κ1) is 21.2. The lowest BCUT2D eigenvalue weighted by atomic mass is 10.2. The van der Waals surface area contributed by atoms with Crippen molar-refractivity contribution >= 4 is 29.5 Å². The van der Waals surface area contributed by atoms with Crippen LogP contribution < -0.4 is 14.8 Å². The van der Waals surface area contributed by atoms with Gasteiger partial charge in [-0.1, -0.05) is 41.9 Å². The second-order valence-corrected chi connectivity index (χ2v) is 7.84. The van der Waals surface area contributed by atoms with Crippen molar-refractivity contribution in [1.29, 1.82) is 0 Å². The van der Waals surface area contributed by atoms with E-state index in [1.165, 1.54) is 6.08 Å². The Labute approximate surface area is 186 Å². The number of rotatable bonds is 6. The molecule has 2 heterocycles. The third-order valence-electron chi connectivity index (χ3n) is 5.25. The second kappa shape index (κ2) is 9.85. The Morgan fingerprint density at radius 1 is 1.06 bits per heavy atom. The van der Waals surface area contributed by atoms with Crippen molar-refractivity contribution in [3.05, 3.63) is 64.7 Å². The summed E-state index contributed by atoms with van der Waals surface area (Å²) in [5.74, 6) is 1.04. The quantitative estimate of drug-likeness (QED) is 0.697. The van der Waals surface area contributed by atoms with Crippen molar-refractivity contribution in [3.63, 3.8) is 0 Å². The highest BCUT2D eigenvalue weighted by Crippen LogP contribution is 2.40. The van der Waals surface area contributed by atoms with E-state index >= 15 is 0 Å². The third-order valence-corrected chi connectivity index (χ3v) is 5.53. The molecule has 4 rings (SSSR count). The first-order valence-electron chi connectivity index (χ1n) is 10.2. The van der Waals surface area contributed by atoms with E-state index < -0.39 is 0 Å². The van der Waals surface area contributed by atoms with Crippen LogP contribution in [0.1, 0.15) is 11.1 Å². The summed E-state index contributed by atoms with van der Waals surface area (Å²) in [5.41, 5.74) is 1.85. The molecule has 2 aromatic rings. The highest BCUT2D eigenvalue weighted by Gasteiger charge is 2.21. The molecule has 2 aliphatic rings. The average molecular weight is 442 g/mol. The maximum atomic E-state index is 12.5. The maximum Gasteiger partial charge on any atom is 0.246 e. The number of hydrogen-bond acceptors (Lipinski definition) is 5. The predicted octanol–water partition coefficient (Wildman–Crippen LogP) is 2.54. The van der Waals surface area contributed by atoms with Crippen LogP contribution in [0.5, 0.6) is 11.5 Å². The summed E-state index contributed by atoms with van der Waals surface area (Å²) in [6, 6.07) is 13.4. The van der Waals surface area contributed by atoms with Crippen molar-refractivity contribution in [3.8, 4) is 11.5 Å². The molecule has 1 N–H and O–H groups in total.